The number of halogens is 1. The van der Waals surface area contributed by atoms with E-state index in [4.69, 9.17) is 16.3 Å². The van der Waals surface area contributed by atoms with Crippen molar-refractivity contribution in [3.63, 3.8) is 0 Å². The zero-order valence-corrected chi connectivity index (χ0v) is 14.0. The molecule has 1 aromatic heterocycles. The van der Waals surface area contributed by atoms with Crippen LogP contribution in [0.5, 0.6) is 0 Å². The molecule has 5 nitrogen and oxygen atoms in total. The Morgan fingerprint density at radius 1 is 1.35 bits per heavy atom. The first kappa shape index (κ1) is 15.6. The molecule has 120 valence electrons. The van der Waals surface area contributed by atoms with E-state index in [9.17, 15) is 4.79 Å². The lowest BCUT2D eigenvalue weighted by Gasteiger charge is -2.28. The largest absolute Gasteiger partial charge is 0.463 e. The number of hydrogen-bond acceptors (Lipinski definition) is 4. The zero-order chi connectivity index (χ0) is 16.6. The van der Waals surface area contributed by atoms with Crippen LogP contribution in [0, 0.1) is 6.92 Å². The molecule has 1 aromatic carbocycles. The minimum absolute atomic E-state index is 0.308. The fourth-order valence-electron chi connectivity index (χ4n) is 2.99. The Morgan fingerprint density at radius 3 is 2.78 bits per heavy atom. The lowest BCUT2D eigenvalue weighted by molar-refractivity contribution is -0.138. The van der Waals surface area contributed by atoms with Crippen molar-refractivity contribution in [1.29, 1.82) is 0 Å². The third-order valence-corrected chi connectivity index (χ3v) is 4.34. The first-order valence-corrected chi connectivity index (χ1v) is 7.86. The molecule has 0 amide bonds. The third kappa shape index (κ3) is 2.61. The van der Waals surface area contributed by atoms with E-state index in [1.807, 2.05) is 38.1 Å². The summed E-state index contributed by atoms with van der Waals surface area (Å²) in [7, 11) is 0. The van der Waals surface area contributed by atoms with Gasteiger partial charge in [-0.1, -0.05) is 29.8 Å². The quantitative estimate of drug-likeness (QED) is 0.840. The Labute approximate surface area is 139 Å². The molecule has 0 fully saturated rings. The maximum Gasteiger partial charge on any atom is 0.336 e. The summed E-state index contributed by atoms with van der Waals surface area (Å²) in [5.74, 6) is 0.0735. The molecule has 6 heteroatoms. The number of benzene rings is 1. The SMILES string of the molecule is CCOC(=O)C1=C(C)Nc2n[nH]c(C)c2C1c1ccccc1Cl. The fourth-order valence-corrected chi connectivity index (χ4v) is 3.24. The number of rotatable bonds is 3. The number of hydrogen-bond donors (Lipinski definition) is 2. The maximum atomic E-state index is 12.6. The molecule has 0 spiro atoms. The monoisotopic (exact) mass is 331 g/mol. The van der Waals surface area contributed by atoms with E-state index < -0.39 is 0 Å². The van der Waals surface area contributed by atoms with Crippen LogP contribution < -0.4 is 5.32 Å². The number of aromatic amines is 1. The minimum Gasteiger partial charge on any atom is -0.463 e. The van der Waals surface area contributed by atoms with E-state index in [0.29, 0.717) is 17.2 Å². The highest BCUT2D eigenvalue weighted by atomic mass is 35.5. The molecule has 1 atom stereocenters. The first-order chi connectivity index (χ1) is 11.0. The second-order valence-electron chi connectivity index (χ2n) is 5.45. The smallest absolute Gasteiger partial charge is 0.336 e. The molecule has 0 aliphatic carbocycles. The molecule has 1 aliphatic rings. The van der Waals surface area contributed by atoms with Gasteiger partial charge in [0.1, 0.15) is 0 Å². The second-order valence-corrected chi connectivity index (χ2v) is 5.86. The van der Waals surface area contributed by atoms with Gasteiger partial charge in [-0.3, -0.25) is 5.10 Å². The Kier molecular flexibility index (Phi) is 4.13. The van der Waals surface area contributed by atoms with Crippen LogP contribution in [-0.2, 0) is 9.53 Å². The third-order valence-electron chi connectivity index (χ3n) is 3.99. The summed E-state index contributed by atoms with van der Waals surface area (Å²) in [6, 6.07) is 7.54. The highest BCUT2D eigenvalue weighted by Gasteiger charge is 2.36. The zero-order valence-electron chi connectivity index (χ0n) is 13.2. The van der Waals surface area contributed by atoms with Crippen molar-refractivity contribution < 1.29 is 9.53 Å². The number of fused-ring (bicyclic) bond motifs is 1. The van der Waals surface area contributed by atoms with Crippen molar-refractivity contribution in [3.05, 3.63) is 57.4 Å². The van der Waals surface area contributed by atoms with Gasteiger partial charge in [-0.2, -0.15) is 5.10 Å². The molecule has 0 radical (unpaired) electrons. The highest BCUT2D eigenvalue weighted by molar-refractivity contribution is 6.31. The van der Waals surface area contributed by atoms with Crippen molar-refractivity contribution in [1.82, 2.24) is 10.2 Å². The number of H-pyrrole nitrogens is 1. The lowest BCUT2D eigenvalue weighted by Crippen LogP contribution is -2.24. The number of nitrogens with zero attached hydrogens (tertiary/aromatic N) is 1. The molecule has 1 aliphatic heterocycles. The number of allylic oxidation sites excluding steroid dienone is 1. The number of aromatic nitrogens is 2. The summed E-state index contributed by atoms with van der Waals surface area (Å²) in [4.78, 5) is 12.6. The maximum absolute atomic E-state index is 12.6. The van der Waals surface area contributed by atoms with Crippen LogP contribution in [0.15, 0.2) is 35.5 Å². The topological polar surface area (TPSA) is 67.0 Å². The summed E-state index contributed by atoms with van der Waals surface area (Å²) in [6.07, 6.45) is 0. The van der Waals surface area contributed by atoms with Crippen molar-refractivity contribution in [2.45, 2.75) is 26.7 Å². The van der Waals surface area contributed by atoms with Gasteiger partial charge in [0.15, 0.2) is 5.82 Å². The molecule has 23 heavy (non-hydrogen) atoms. The summed E-state index contributed by atoms with van der Waals surface area (Å²) in [6.45, 7) is 5.90. The molecule has 2 N–H and O–H groups in total. The van der Waals surface area contributed by atoms with Gasteiger partial charge in [-0.15, -0.1) is 0 Å². The number of ether oxygens (including phenoxy) is 1. The van der Waals surface area contributed by atoms with Crippen LogP contribution in [0.2, 0.25) is 5.02 Å². The van der Waals surface area contributed by atoms with E-state index in [-0.39, 0.29) is 11.9 Å². The minimum atomic E-state index is -0.339. The molecule has 0 saturated carbocycles. The molecule has 1 unspecified atom stereocenters. The molecule has 3 rings (SSSR count). The predicted molar refractivity (Wildman–Crippen MR) is 89.6 cm³/mol. The highest BCUT2D eigenvalue weighted by Crippen LogP contribution is 2.44. The van der Waals surface area contributed by atoms with Gasteiger partial charge in [0.25, 0.3) is 0 Å². The van der Waals surface area contributed by atoms with Crippen LogP contribution in [0.3, 0.4) is 0 Å². The Morgan fingerprint density at radius 2 is 2.09 bits per heavy atom. The fraction of sp³-hybridized carbons (Fsp3) is 0.294. The summed E-state index contributed by atoms with van der Waals surface area (Å²) in [5.41, 5.74) is 3.98. The van der Waals surface area contributed by atoms with Gasteiger partial charge in [-0.25, -0.2) is 4.79 Å². The average molecular weight is 332 g/mol. The predicted octanol–water partition coefficient (Wildman–Crippen LogP) is 3.77. The van der Waals surface area contributed by atoms with Gasteiger partial charge < -0.3 is 10.1 Å². The normalized spacial score (nSPS) is 16.8. The van der Waals surface area contributed by atoms with Crippen LogP contribution in [0.25, 0.3) is 0 Å². The van der Waals surface area contributed by atoms with Gasteiger partial charge in [0.05, 0.1) is 12.2 Å². The average Bonchev–Trinajstić information content (AvgIpc) is 2.87. The molecule has 0 saturated heterocycles. The number of anilines is 1. The van der Waals surface area contributed by atoms with Gasteiger partial charge >= 0.3 is 5.97 Å². The Bertz CT molecular complexity index is 795. The second kappa shape index (κ2) is 6.08. The van der Waals surface area contributed by atoms with E-state index in [2.05, 4.69) is 15.5 Å². The van der Waals surface area contributed by atoms with Crippen molar-refractivity contribution in [3.8, 4) is 0 Å². The van der Waals surface area contributed by atoms with Crippen LogP contribution >= 0.6 is 11.6 Å². The molecule has 0 bridgehead atoms. The molecular weight excluding hydrogens is 314 g/mol. The van der Waals surface area contributed by atoms with Crippen LogP contribution in [0.4, 0.5) is 5.82 Å². The summed E-state index contributed by atoms with van der Waals surface area (Å²) < 4.78 is 5.26. The van der Waals surface area contributed by atoms with E-state index in [1.54, 1.807) is 6.92 Å². The molecule has 2 aromatic rings. The number of carbonyl (C=O) groups is 1. The van der Waals surface area contributed by atoms with Gasteiger partial charge in [0.2, 0.25) is 0 Å². The van der Waals surface area contributed by atoms with Gasteiger partial charge in [0, 0.05) is 27.9 Å². The number of nitrogens with one attached hydrogen (secondary N) is 2. The number of carbonyl (C=O) groups excluding carboxylic acids is 1. The van der Waals surface area contributed by atoms with Crippen molar-refractivity contribution in [2.24, 2.45) is 0 Å². The van der Waals surface area contributed by atoms with Crippen molar-refractivity contribution >= 4 is 23.4 Å². The van der Waals surface area contributed by atoms with E-state index >= 15 is 0 Å². The number of aryl methyl sites for hydroxylation is 1. The molecule has 2 heterocycles. The van der Waals surface area contributed by atoms with Crippen LogP contribution in [-0.4, -0.2) is 22.8 Å². The van der Waals surface area contributed by atoms with Gasteiger partial charge in [-0.05, 0) is 32.4 Å². The molecular formula is C17H18ClN3O2. The summed E-state index contributed by atoms with van der Waals surface area (Å²) in [5, 5.41) is 11.1. The standard InChI is InChI=1S/C17H18ClN3O2/c1-4-23-17(22)14-9(2)19-16-13(10(3)20-21-16)15(14)11-7-5-6-8-12(11)18/h5-8,15H,4H2,1-3H3,(H2,19,20,21). The summed E-state index contributed by atoms with van der Waals surface area (Å²) >= 11 is 6.41. The van der Waals surface area contributed by atoms with Crippen molar-refractivity contribution in [2.75, 3.05) is 11.9 Å². The Balaban J connectivity index is 2.23. The number of esters is 1. The van der Waals surface area contributed by atoms with Crippen LogP contribution in [0.1, 0.15) is 36.6 Å². The van der Waals surface area contributed by atoms with E-state index in [0.717, 1.165) is 28.3 Å². The Hall–Kier alpha value is -2.27. The lowest BCUT2D eigenvalue weighted by atomic mass is 9.81. The van der Waals surface area contributed by atoms with E-state index in [1.165, 1.54) is 0 Å². The first-order valence-electron chi connectivity index (χ1n) is 7.48.